The van der Waals surface area contributed by atoms with Crippen molar-refractivity contribution in [3.05, 3.63) is 59.2 Å². The van der Waals surface area contributed by atoms with Gasteiger partial charge in [0.05, 0.1) is 5.56 Å². The topological polar surface area (TPSA) is 69.6 Å². The van der Waals surface area contributed by atoms with Crippen LogP contribution in [-0.4, -0.2) is 22.2 Å². The number of aromatic carboxylic acids is 1. The molecule has 0 saturated heterocycles. The van der Waals surface area contributed by atoms with Gasteiger partial charge in [-0.3, -0.25) is 0 Å². The number of benzene rings is 2. The lowest BCUT2D eigenvalue weighted by Gasteiger charge is -2.18. The third-order valence-corrected chi connectivity index (χ3v) is 3.44. The first-order chi connectivity index (χ1) is 9.97. The Morgan fingerprint density at radius 2 is 1.86 bits per heavy atom. The highest BCUT2D eigenvalue weighted by molar-refractivity contribution is 5.91. The van der Waals surface area contributed by atoms with Crippen LogP contribution in [0.1, 0.15) is 28.4 Å². The van der Waals surface area contributed by atoms with Crippen molar-refractivity contribution in [2.24, 2.45) is 0 Å². The van der Waals surface area contributed by atoms with Gasteiger partial charge in [-0.15, -0.1) is 0 Å². The van der Waals surface area contributed by atoms with Gasteiger partial charge in [0.1, 0.15) is 5.75 Å². The number of hydrogen-bond donors (Lipinski definition) is 3. The summed E-state index contributed by atoms with van der Waals surface area (Å²) in [4.78, 5) is 11.1. The number of phenolic OH excluding ortho intramolecular Hbond substituents is 1. The van der Waals surface area contributed by atoms with Gasteiger partial charge in [-0.25, -0.2) is 4.79 Å². The molecule has 110 valence electrons. The predicted octanol–water partition coefficient (Wildman–Crippen LogP) is 3.44. The zero-order valence-electron chi connectivity index (χ0n) is 12.1. The fraction of sp³-hybridized carbons (Fsp3) is 0.235. The molecule has 3 N–H and O–H groups in total. The summed E-state index contributed by atoms with van der Waals surface area (Å²) >= 11 is 0. The van der Waals surface area contributed by atoms with E-state index < -0.39 is 5.97 Å². The van der Waals surface area contributed by atoms with Gasteiger partial charge >= 0.3 is 5.97 Å². The highest BCUT2D eigenvalue weighted by Crippen LogP contribution is 2.21. The normalized spacial score (nSPS) is 11.9. The van der Waals surface area contributed by atoms with Crippen molar-refractivity contribution in [1.82, 2.24) is 0 Å². The van der Waals surface area contributed by atoms with E-state index in [2.05, 4.69) is 5.32 Å². The summed E-state index contributed by atoms with van der Waals surface area (Å²) in [6, 6.07) is 12.5. The Hall–Kier alpha value is -2.49. The molecule has 0 spiro atoms. The molecular weight excluding hydrogens is 266 g/mol. The molecule has 21 heavy (non-hydrogen) atoms. The van der Waals surface area contributed by atoms with Crippen molar-refractivity contribution in [3.8, 4) is 5.75 Å². The average molecular weight is 285 g/mol. The second-order valence-corrected chi connectivity index (χ2v) is 5.20. The van der Waals surface area contributed by atoms with Gasteiger partial charge in [0.2, 0.25) is 0 Å². The Kier molecular flexibility index (Phi) is 4.48. The maximum absolute atomic E-state index is 11.1. The summed E-state index contributed by atoms with van der Waals surface area (Å²) in [5, 5.41) is 21.8. The molecule has 0 radical (unpaired) electrons. The number of phenols is 1. The Balaban J connectivity index is 2.09. The van der Waals surface area contributed by atoms with E-state index in [1.54, 1.807) is 31.2 Å². The van der Waals surface area contributed by atoms with Gasteiger partial charge < -0.3 is 15.5 Å². The molecule has 0 bridgehead atoms. The number of hydrogen-bond acceptors (Lipinski definition) is 3. The molecule has 0 aromatic heterocycles. The second kappa shape index (κ2) is 6.31. The second-order valence-electron chi connectivity index (χ2n) is 5.20. The van der Waals surface area contributed by atoms with Crippen molar-refractivity contribution in [2.75, 3.05) is 5.32 Å². The minimum Gasteiger partial charge on any atom is -0.508 e. The summed E-state index contributed by atoms with van der Waals surface area (Å²) in [6.45, 7) is 3.85. The fourth-order valence-electron chi connectivity index (χ4n) is 2.33. The molecule has 1 unspecified atom stereocenters. The third-order valence-electron chi connectivity index (χ3n) is 3.44. The summed E-state index contributed by atoms with van der Waals surface area (Å²) in [5.41, 5.74) is 3.00. The molecule has 0 aliphatic carbocycles. The van der Waals surface area contributed by atoms with Gasteiger partial charge in [-0.05, 0) is 55.7 Å². The first kappa shape index (κ1) is 14.9. The molecule has 0 aliphatic heterocycles. The van der Waals surface area contributed by atoms with Crippen LogP contribution < -0.4 is 5.32 Å². The van der Waals surface area contributed by atoms with Gasteiger partial charge in [0.25, 0.3) is 0 Å². The highest BCUT2D eigenvalue weighted by atomic mass is 16.4. The van der Waals surface area contributed by atoms with E-state index >= 15 is 0 Å². The van der Waals surface area contributed by atoms with Crippen LogP contribution in [0.15, 0.2) is 42.5 Å². The number of rotatable bonds is 5. The van der Waals surface area contributed by atoms with E-state index in [4.69, 9.17) is 5.11 Å². The summed E-state index contributed by atoms with van der Waals surface area (Å²) in [5.74, 6) is -0.660. The van der Waals surface area contributed by atoms with Crippen LogP contribution >= 0.6 is 0 Å². The van der Waals surface area contributed by atoms with E-state index in [0.717, 1.165) is 23.2 Å². The summed E-state index contributed by atoms with van der Waals surface area (Å²) in [7, 11) is 0. The van der Waals surface area contributed by atoms with Crippen molar-refractivity contribution in [1.29, 1.82) is 0 Å². The van der Waals surface area contributed by atoms with Gasteiger partial charge in [0, 0.05) is 11.7 Å². The quantitative estimate of drug-likeness (QED) is 0.787. The van der Waals surface area contributed by atoms with Gasteiger partial charge in [-0.1, -0.05) is 18.2 Å². The van der Waals surface area contributed by atoms with Crippen LogP contribution in [0.4, 0.5) is 5.69 Å². The Bertz CT molecular complexity index is 635. The first-order valence-corrected chi connectivity index (χ1v) is 6.84. The highest BCUT2D eigenvalue weighted by Gasteiger charge is 2.11. The lowest BCUT2D eigenvalue weighted by molar-refractivity contribution is 0.0696. The number of anilines is 1. The number of carbonyl (C=O) groups is 1. The maximum atomic E-state index is 11.1. The monoisotopic (exact) mass is 285 g/mol. The van der Waals surface area contributed by atoms with E-state index in [-0.39, 0.29) is 11.8 Å². The SMILES string of the molecule is Cc1c(NC(C)Cc2ccc(O)cc2)cccc1C(=O)O. The van der Waals surface area contributed by atoms with Gasteiger partial charge in [0.15, 0.2) is 0 Å². The molecule has 0 fully saturated rings. The van der Waals surface area contributed by atoms with Crippen molar-refractivity contribution < 1.29 is 15.0 Å². The minimum absolute atomic E-state index is 0.150. The number of carboxylic acid groups (broad SMARTS) is 1. The van der Waals surface area contributed by atoms with Crippen LogP contribution in [-0.2, 0) is 6.42 Å². The third kappa shape index (κ3) is 3.75. The van der Waals surface area contributed by atoms with Crippen molar-refractivity contribution >= 4 is 11.7 Å². The molecular formula is C17H19NO3. The zero-order chi connectivity index (χ0) is 15.4. The average Bonchev–Trinajstić information content (AvgIpc) is 2.43. The molecule has 0 heterocycles. The van der Waals surface area contributed by atoms with E-state index in [1.807, 2.05) is 25.1 Å². The van der Waals surface area contributed by atoms with Crippen LogP contribution in [0.25, 0.3) is 0 Å². The molecule has 0 aliphatic rings. The lowest BCUT2D eigenvalue weighted by Crippen LogP contribution is -2.19. The zero-order valence-corrected chi connectivity index (χ0v) is 12.1. The van der Waals surface area contributed by atoms with E-state index in [1.165, 1.54) is 0 Å². The van der Waals surface area contributed by atoms with E-state index in [9.17, 15) is 9.90 Å². The van der Waals surface area contributed by atoms with E-state index in [0.29, 0.717) is 5.56 Å². The van der Waals surface area contributed by atoms with Crippen molar-refractivity contribution in [2.45, 2.75) is 26.3 Å². The summed E-state index contributed by atoms with van der Waals surface area (Å²) < 4.78 is 0. The molecule has 4 heteroatoms. The molecule has 4 nitrogen and oxygen atoms in total. The van der Waals surface area contributed by atoms with Crippen LogP contribution in [0.2, 0.25) is 0 Å². The first-order valence-electron chi connectivity index (χ1n) is 6.84. The smallest absolute Gasteiger partial charge is 0.336 e. The molecule has 0 saturated carbocycles. The van der Waals surface area contributed by atoms with Gasteiger partial charge in [-0.2, -0.15) is 0 Å². The Labute approximate surface area is 124 Å². The van der Waals surface area contributed by atoms with Crippen LogP contribution in [0.5, 0.6) is 5.75 Å². The standard InChI is InChI=1S/C17H19NO3/c1-11(10-13-6-8-14(19)9-7-13)18-16-5-3-4-15(12(16)2)17(20)21/h3-9,11,18-19H,10H2,1-2H3,(H,20,21). The molecule has 0 amide bonds. The number of aromatic hydroxyl groups is 1. The minimum atomic E-state index is -0.915. The lowest BCUT2D eigenvalue weighted by atomic mass is 10.0. The number of nitrogens with one attached hydrogen (secondary N) is 1. The largest absolute Gasteiger partial charge is 0.508 e. The molecule has 2 aromatic rings. The van der Waals surface area contributed by atoms with Crippen LogP contribution in [0.3, 0.4) is 0 Å². The molecule has 1 atom stereocenters. The molecule has 2 rings (SSSR count). The fourth-order valence-corrected chi connectivity index (χ4v) is 2.33. The molecule has 2 aromatic carbocycles. The van der Waals surface area contributed by atoms with Crippen LogP contribution in [0, 0.1) is 6.92 Å². The Morgan fingerprint density at radius 3 is 2.48 bits per heavy atom. The maximum Gasteiger partial charge on any atom is 0.336 e. The summed E-state index contributed by atoms with van der Waals surface area (Å²) in [6.07, 6.45) is 0.789. The van der Waals surface area contributed by atoms with Crippen molar-refractivity contribution in [3.63, 3.8) is 0 Å². The number of carboxylic acids is 1. The predicted molar refractivity (Wildman–Crippen MR) is 83.0 cm³/mol. The Morgan fingerprint density at radius 1 is 1.19 bits per heavy atom.